The number of methoxy groups -OCH3 is 1. The largest absolute Gasteiger partial charge is 0.493 e. The third-order valence-corrected chi connectivity index (χ3v) is 3.95. The quantitative estimate of drug-likeness (QED) is 0.838. The molecule has 0 saturated heterocycles. The Morgan fingerprint density at radius 1 is 1.21 bits per heavy atom. The van der Waals surface area contributed by atoms with Crippen molar-refractivity contribution in [2.24, 2.45) is 5.92 Å². The molecule has 0 bridgehead atoms. The van der Waals surface area contributed by atoms with Gasteiger partial charge in [-0.25, -0.2) is 0 Å². The van der Waals surface area contributed by atoms with Gasteiger partial charge in [-0.3, -0.25) is 0 Å². The summed E-state index contributed by atoms with van der Waals surface area (Å²) in [6.45, 7) is 4.92. The highest BCUT2D eigenvalue weighted by Crippen LogP contribution is 2.33. The molecule has 106 valence electrons. The van der Waals surface area contributed by atoms with Gasteiger partial charge < -0.3 is 14.8 Å². The van der Waals surface area contributed by atoms with Crippen LogP contribution in [0, 0.1) is 5.92 Å². The Hall–Kier alpha value is -1.38. The van der Waals surface area contributed by atoms with Crippen molar-refractivity contribution >= 4 is 5.69 Å². The van der Waals surface area contributed by atoms with E-state index in [1.165, 1.54) is 25.7 Å². The lowest BCUT2D eigenvalue weighted by atomic mass is 10.1. The second-order valence-corrected chi connectivity index (χ2v) is 5.23. The van der Waals surface area contributed by atoms with Gasteiger partial charge in [-0.1, -0.05) is 13.3 Å². The standard InChI is InChI=1S/C16H25NO2/c1-4-12-6-7-13(10-12)17-14-8-9-15(19-5-2)16(11-14)18-3/h8-9,11-13,17H,4-7,10H2,1-3H3. The van der Waals surface area contributed by atoms with Crippen LogP contribution in [0.15, 0.2) is 18.2 Å². The van der Waals surface area contributed by atoms with Crippen LogP contribution in [0.1, 0.15) is 39.5 Å². The Morgan fingerprint density at radius 2 is 2.05 bits per heavy atom. The molecule has 2 unspecified atom stereocenters. The van der Waals surface area contributed by atoms with E-state index < -0.39 is 0 Å². The van der Waals surface area contributed by atoms with Crippen LogP contribution in [-0.2, 0) is 0 Å². The highest BCUT2D eigenvalue weighted by atomic mass is 16.5. The molecular formula is C16H25NO2. The summed E-state index contributed by atoms with van der Waals surface area (Å²) in [6, 6.07) is 6.70. The topological polar surface area (TPSA) is 30.5 Å². The maximum Gasteiger partial charge on any atom is 0.162 e. The fourth-order valence-corrected chi connectivity index (χ4v) is 2.84. The zero-order chi connectivity index (χ0) is 13.7. The minimum absolute atomic E-state index is 0.604. The highest BCUT2D eigenvalue weighted by molar-refractivity contribution is 5.55. The maximum absolute atomic E-state index is 5.53. The molecule has 3 heteroatoms. The third kappa shape index (κ3) is 3.55. The van der Waals surface area contributed by atoms with Crippen molar-refractivity contribution in [3.8, 4) is 11.5 Å². The van der Waals surface area contributed by atoms with E-state index in [4.69, 9.17) is 9.47 Å². The molecule has 19 heavy (non-hydrogen) atoms. The van der Waals surface area contributed by atoms with Crippen molar-refractivity contribution < 1.29 is 9.47 Å². The summed E-state index contributed by atoms with van der Waals surface area (Å²) in [4.78, 5) is 0. The van der Waals surface area contributed by atoms with Crippen LogP contribution >= 0.6 is 0 Å². The van der Waals surface area contributed by atoms with E-state index in [0.717, 1.165) is 23.1 Å². The van der Waals surface area contributed by atoms with Gasteiger partial charge in [0.25, 0.3) is 0 Å². The number of ether oxygens (including phenoxy) is 2. The van der Waals surface area contributed by atoms with Crippen LogP contribution in [0.25, 0.3) is 0 Å². The molecule has 1 aromatic rings. The van der Waals surface area contributed by atoms with Crippen molar-refractivity contribution in [3.63, 3.8) is 0 Å². The highest BCUT2D eigenvalue weighted by Gasteiger charge is 2.23. The molecule has 0 amide bonds. The summed E-state index contributed by atoms with van der Waals surface area (Å²) in [6.07, 6.45) is 5.20. The molecule has 1 aromatic carbocycles. The summed E-state index contributed by atoms with van der Waals surface area (Å²) in [5, 5.41) is 3.61. The van der Waals surface area contributed by atoms with Crippen LogP contribution in [-0.4, -0.2) is 19.8 Å². The van der Waals surface area contributed by atoms with Gasteiger partial charge in [-0.15, -0.1) is 0 Å². The first kappa shape index (κ1) is 14.0. The molecule has 1 aliphatic rings. The van der Waals surface area contributed by atoms with Gasteiger partial charge in [-0.2, -0.15) is 0 Å². The number of anilines is 1. The van der Waals surface area contributed by atoms with E-state index in [2.05, 4.69) is 18.3 Å². The Balaban J connectivity index is 2.01. The van der Waals surface area contributed by atoms with Gasteiger partial charge in [0.2, 0.25) is 0 Å². The van der Waals surface area contributed by atoms with Gasteiger partial charge in [0.15, 0.2) is 11.5 Å². The van der Waals surface area contributed by atoms with E-state index in [1.54, 1.807) is 7.11 Å². The molecule has 0 aliphatic heterocycles. The smallest absolute Gasteiger partial charge is 0.162 e. The Labute approximate surface area is 116 Å². The molecule has 2 rings (SSSR count). The monoisotopic (exact) mass is 263 g/mol. The van der Waals surface area contributed by atoms with Crippen molar-refractivity contribution in [1.29, 1.82) is 0 Å². The van der Waals surface area contributed by atoms with Crippen molar-refractivity contribution in [1.82, 2.24) is 0 Å². The first-order valence-corrected chi connectivity index (χ1v) is 7.34. The normalized spacial score (nSPS) is 22.3. The predicted octanol–water partition coefficient (Wildman–Crippen LogP) is 4.08. The molecule has 1 N–H and O–H groups in total. The Bertz CT molecular complexity index is 406. The summed E-state index contributed by atoms with van der Waals surface area (Å²) in [5.74, 6) is 2.51. The minimum atomic E-state index is 0.604. The lowest BCUT2D eigenvalue weighted by molar-refractivity contribution is 0.311. The van der Waals surface area contributed by atoms with E-state index in [-0.39, 0.29) is 0 Å². The Morgan fingerprint density at radius 3 is 2.68 bits per heavy atom. The third-order valence-electron chi connectivity index (χ3n) is 3.95. The van der Waals surface area contributed by atoms with Gasteiger partial charge in [0, 0.05) is 17.8 Å². The van der Waals surface area contributed by atoms with Gasteiger partial charge >= 0.3 is 0 Å². The molecule has 1 saturated carbocycles. The van der Waals surface area contributed by atoms with Crippen molar-refractivity contribution in [2.75, 3.05) is 19.0 Å². The number of hydrogen-bond donors (Lipinski definition) is 1. The van der Waals surface area contributed by atoms with E-state index in [9.17, 15) is 0 Å². The molecule has 0 spiro atoms. The molecule has 0 aromatic heterocycles. The van der Waals surface area contributed by atoms with Crippen LogP contribution < -0.4 is 14.8 Å². The number of benzene rings is 1. The molecule has 1 fully saturated rings. The summed E-state index contributed by atoms with van der Waals surface area (Å²) < 4.78 is 10.9. The fraction of sp³-hybridized carbons (Fsp3) is 0.625. The summed E-state index contributed by atoms with van der Waals surface area (Å²) in [7, 11) is 1.68. The minimum Gasteiger partial charge on any atom is -0.493 e. The lowest BCUT2D eigenvalue weighted by Gasteiger charge is -2.16. The zero-order valence-electron chi connectivity index (χ0n) is 12.2. The van der Waals surface area contributed by atoms with Crippen LogP contribution in [0.3, 0.4) is 0 Å². The van der Waals surface area contributed by atoms with Gasteiger partial charge in [0.1, 0.15) is 0 Å². The second-order valence-electron chi connectivity index (χ2n) is 5.23. The first-order chi connectivity index (χ1) is 9.26. The van der Waals surface area contributed by atoms with Gasteiger partial charge in [0.05, 0.1) is 13.7 Å². The molecular weight excluding hydrogens is 238 g/mol. The van der Waals surface area contributed by atoms with Crippen molar-refractivity contribution in [2.45, 2.75) is 45.6 Å². The summed E-state index contributed by atoms with van der Waals surface area (Å²) in [5.41, 5.74) is 1.13. The SMILES string of the molecule is CCOc1ccc(NC2CCC(CC)C2)cc1OC. The molecule has 0 heterocycles. The average Bonchev–Trinajstić information content (AvgIpc) is 2.88. The molecule has 3 nitrogen and oxygen atoms in total. The number of hydrogen-bond acceptors (Lipinski definition) is 3. The van der Waals surface area contributed by atoms with Crippen LogP contribution in [0.5, 0.6) is 11.5 Å². The van der Waals surface area contributed by atoms with E-state index >= 15 is 0 Å². The van der Waals surface area contributed by atoms with Crippen LogP contribution in [0.2, 0.25) is 0 Å². The zero-order valence-corrected chi connectivity index (χ0v) is 12.2. The van der Waals surface area contributed by atoms with Gasteiger partial charge in [-0.05, 0) is 44.2 Å². The second kappa shape index (κ2) is 6.69. The fourth-order valence-electron chi connectivity index (χ4n) is 2.84. The molecule has 0 radical (unpaired) electrons. The molecule has 2 atom stereocenters. The maximum atomic E-state index is 5.53. The van der Waals surface area contributed by atoms with E-state index in [0.29, 0.717) is 12.6 Å². The van der Waals surface area contributed by atoms with Crippen molar-refractivity contribution in [3.05, 3.63) is 18.2 Å². The lowest BCUT2D eigenvalue weighted by Crippen LogP contribution is -2.15. The Kier molecular flexibility index (Phi) is 4.94. The van der Waals surface area contributed by atoms with Crippen LogP contribution in [0.4, 0.5) is 5.69 Å². The number of nitrogens with one attached hydrogen (secondary N) is 1. The average molecular weight is 263 g/mol. The predicted molar refractivity (Wildman–Crippen MR) is 79.2 cm³/mol. The molecule has 1 aliphatic carbocycles. The van der Waals surface area contributed by atoms with E-state index in [1.807, 2.05) is 19.1 Å². The first-order valence-electron chi connectivity index (χ1n) is 7.34. The number of rotatable bonds is 6. The summed E-state index contributed by atoms with van der Waals surface area (Å²) >= 11 is 0.